The van der Waals surface area contributed by atoms with Crippen LogP contribution in [0.25, 0.3) is 0 Å². The van der Waals surface area contributed by atoms with Crippen molar-refractivity contribution in [3.8, 4) is 5.75 Å². The van der Waals surface area contributed by atoms with Gasteiger partial charge in [-0.25, -0.2) is 0 Å². The molecule has 1 saturated heterocycles. The highest BCUT2D eigenvalue weighted by Gasteiger charge is 2.31. The van der Waals surface area contributed by atoms with Crippen LogP contribution in [0, 0.1) is 0 Å². The highest BCUT2D eigenvalue weighted by atomic mass is 16.5. The first-order chi connectivity index (χ1) is 12.7. The molecule has 138 valence electrons. The van der Waals surface area contributed by atoms with Crippen molar-refractivity contribution in [2.45, 2.75) is 25.4 Å². The Kier molecular flexibility index (Phi) is 5.91. The lowest BCUT2D eigenvalue weighted by molar-refractivity contribution is -0.126. The molecule has 0 saturated carbocycles. The van der Waals surface area contributed by atoms with Crippen molar-refractivity contribution >= 4 is 17.5 Å². The summed E-state index contributed by atoms with van der Waals surface area (Å²) in [7, 11) is 1.60. The first kappa shape index (κ1) is 18.0. The summed E-state index contributed by atoms with van der Waals surface area (Å²) in [5.74, 6) is 1.23. The van der Waals surface area contributed by atoms with Gasteiger partial charge in [0.15, 0.2) is 0 Å². The van der Waals surface area contributed by atoms with Gasteiger partial charge in [-0.05, 0) is 55.8 Å². The minimum atomic E-state index is -0.286. The van der Waals surface area contributed by atoms with Crippen LogP contribution in [0.5, 0.6) is 5.75 Å². The number of rotatable bonds is 7. The lowest BCUT2D eigenvalue weighted by atomic mass is 10.2. The van der Waals surface area contributed by atoms with Gasteiger partial charge in [-0.15, -0.1) is 0 Å². The molecule has 1 unspecified atom stereocenters. The Bertz CT molecular complexity index is 728. The van der Waals surface area contributed by atoms with Crippen molar-refractivity contribution in [1.29, 1.82) is 0 Å². The first-order valence-electron chi connectivity index (χ1n) is 8.64. The second-order valence-electron chi connectivity index (χ2n) is 6.20. The molecule has 1 atom stereocenters. The Morgan fingerprint density at radius 1 is 1.27 bits per heavy atom. The van der Waals surface area contributed by atoms with E-state index in [1.165, 1.54) is 0 Å². The molecule has 0 spiro atoms. The Morgan fingerprint density at radius 2 is 2.08 bits per heavy atom. The number of carbonyl (C=O) groups is 2. The molecule has 1 aromatic carbocycles. The molecule has 0 bridgehead atoms. The largest absolute Gasteiger partial charge is 0.497 e. The number of ether oxygens (including phenoxy) is 1. The maximum Gasteiger partial charge on any atom is 0.238 e. The highest BCUT2D eigenvalue weighted by molar-refractivity contribution is 5.93. The van der Waals surface area contributed by atoms with E-state index in [0.29, 0.717) is 18.0 Å². The van der Waals surface area contributed by atoms with E-state index in [9.17, 15) is 9.59 Å². The van der Waals surface area contributed by atoms with Gasteiger partial charge in [0, 0.05) is 5.69 Å². The molecule has 7 heteroatoms. The second kappa shape index (κ2) is 8.53. The molecule has 2 N–H and O–H groups in total. The average molecular weight is 357 g/mol. The molecule has 1 aliphatic heterocycles. The summed E-state index contributed by atoms with van der Waals surface area (Å²) in [6.45, 7) is 1.27. The van der Waals surface area contributed by atoms with E-state index in [4.69, 9.17) is 9.15 Å². The summed E-state index contributed by atoms with van der Waals surface area (Å²) in [4.78, 5) is 26.6. The lowest BCUT2D eigenvalue weighted by Gasteiger charge is -2.23. The number of benzene rings is 1. The maximum absolute atomic E-state index is 12.4. The number of hydrogen-bond donors (Lipinski definition) is 2. The zero-order chi connectivity index (χ0) is 18.4. The second-order valence-corrected chi connectivity index (χ2v) is 6.20. The van der Waals surface area contributed by atoms with Crippen LogP contribution in [-0.4, -0.2) is 43.0 Å². The Hall–Kier alpha value is -2.80. The topological polar surface area (TPSA) is 83.8 Å². The summed E-state index contributed by atoms with van der Waals surface area (Å²) in [5.41, 5.74) is 0.703. The van der Waals surface area contributed by atoms with Gasteiger partial charge in [0.2, 0.25) is 11.8 Å². The minimum absolute atomic E-state index is 0.0730. The van der Waals surface area contributed by atoms with E-state index in [-0.39, 0.29) is 24.4 Å². The first-order valence-corrected chi connectivity index (χ1v) is 8.64. The highest BCUT2D eigenvalue weighted by Crippen LogP contribution is 2.18. The van der Waals surface area contributed by atoms with Crippen LogP contribution in [0.2, 0.25) is 0 Å². The number of anilines is 1. The van der Waals surface area contributed by atoms with Crippen LogP contribution >= 0.6 is 0 Å². The Balaban J connectivity index is 1.50. The van der Waals surface area contributed by atoms with Crippen LogP contribution in [0.4, 0.5) is 5.69 Å². The molecular weight excluding hydrogens is 334 g/mol. The van der Waals surface area contributed by atoms with E-state index in [1.54, 1.807) is 43.7 Å². The van der Waals surface area contributed by atoms with Gasteiger partial charge in [0.25, 0.3) is 0 Å². The number of hydrogen-bond acceptors (Lipinski definition) is 5. The van der Waals surface area contributed by atoms with E-state index in [1.807, 2.05) is 11.0 Å². The molecule has 2 heterocycles. The minimum Gasteiger partial charge on any atom is -0.497 e. The number of nitrogens with zero attached hydrogens (tertiary/aromatic N) is 1. The van der Waals surface area contributed by atoms with Gasteiger partial charge in [0.05, 0.1) is 32.5 Å². The number of likely N-dealkylation sites (tertiary alicyclic amines) is 1. The molecule has 1 aliphatic rings. The van der Waals surface area contributed by atoms with Crippen molar-refractivity contribution in [1.82, 2.24) is 10.2 Å². The fourth-order valence-electron chi connectivity index (χ4n) is 3.08. The summed E-state index contributed by atoms with van der Waals surface area (Å²) >= 11 is 0. The molecule has 26 heavy (non-hydrogen) atoms. The Labute approximate surface area is 152 Å². The molecule has 7 nitrogen and oxygen atoms in total. The zero-order valence-corrected chi connectivity index (χ0v) is 14.7. The van der Waals surface area contributed by atoms with Gasteiger partial charge < -0.3 is 19.8 Å². The standard InChI is InChI=1S/C19H23N3O4/c1-25-15-8-6-14(7-9-15)21-18(23)13-22-10-2-5-17(22)19(24)20-12-16-4-3-11-26-16/h3-4,6-9,11,17H,2,5,10,12-13H2,1H3,(H,20,24)(H,21,23). The summed E-state index contributed by atoms with van der Waals surface area (Å²) in [6.07, 6.45) is 3.22. The molecule has 2 amide bonds. The third-order valence-corrected chi connectivity index (χ3v) is 4.40. The normalized spacial score (nSPS) is 17.0. The van der Waals surface area contributed by atoms with Crippen molar-refractivity contribution in [3.05, 3.63) is 48.4 Å². The van der Waals surface area contributed by atoms with Crippen molar-refractivity contribution in [2.24, 2.45) is 0 Å². The summed E-state index contributed by atoms with van der Waals surface area (Å²) in [5, 5.41) is 5.72. The van der Waals surface area contributed by atoms with Gasteiger partial charge in [-0.2, -0.15) is 0 Å². The Morgan fingerprint density at radius 3 is 2.77 bits per heavy atom. The number of methoxy groups -OCH3 is 1. The van der Waals surface area contributed by atoms with Gasteiger partial charge in [-0.1, -0.05) is 0 Å². The third-order valence-electron chi connectivity index (χ3n) is 4.40. The predicted octanol–water partition coefficient (Wildman–Crippen LogP) is 2.01. The smallest absolute Gasteiger partial charge is 0.238 e. The average Bonchev–Trinajstić information content (AvgIpc) is 3.32. The molecule has 3 rings (SSSR count). The fraction of sp³-hybridized carbons (Fsp3) is 0.368. The fourth-order valence-corrected chi connectivity index (χ4v) is 3.08. The molecule has 0 aliphatic carbocycles. The van der Waals surface area contributed by atoms with E-state index >= 15 is 0 Å². The molecular formula is C19H23N3O4. The number of furan rings is 1. The summed E-state index contributed by atoms with van der Waals surface area (Å²) in [6, 6.07) is 10.5. The van der Waals surface area contributed by atoms with Crippen LogP contribution in [0.1, 0.15) is 18.6 Å². The van der Waals surface area contributed by atoms with Gasteiger partial charge in [-0.3, -0.25) is 14.5 Å². The van der Waals surface area contributed by atoms with Gasteiger partial charge >= 0.3 is 0 Å². The molecule has 2 aromatic rings. The van der Waals surface area contributed by atoms with Crippen LogP contribution < -0.4 is 15.4 Å². The van der Waals surface area contributed by atoms with E-state index < -0.39 is 0 Å². The molecule has 1 aromatic heterocycles. The van der Waals surface area contributed by atoms with Crippen LogP contribution in [0.3, 0.4) is 0 Å². The van der Waals surface area contributed by atoms with Crippen molar-refractivity contribution in [2.75, 3.05) is 25.5 Å². The van der Waals surface area contributed by atoms with Crippen molar-refractivity contribution < 1.29 is 18.7 Å². The van der Waals surface area contributed by atoms with E-state index in [2.05, 4.69) is 10.6 Å². The number of amides is 2. The predicted molar refractivity (Wildman–Crippen MR) is 96.8 cm³/mol. The molecule has 1 fully saturated rings. The van der Waals surface area contributed by atoms with Crippen molar-refractivity contribution in [3.63, 3.8) is 0 Å². The SMILES string of the molecule is COc1ccc(NC(=O)CN2CCCC2C(=O)NCc2ccco2)cc1. The van der Waals surface area contributed by atoms with Crippen LogP contribution in [-0.2, 0) is 16.1 Å². The summed E-state index contributed by atoms with van der Waals surface area (Å²) < 4.78 is 10.3. The van der Waals surface area contributed by atoms with Gasteiger partial charge in [0.1, 0.15) is 11.5 Å². The molecule has 0 radical (unpaired) electrons. The quantitative estimate of drug-likeness (QED) is 0.792. The third kappa shape index (κ3) is 4.64. The van der Waals surface area contributed by atoms with E-state index in [0.717, 1.165) is 25.1 Å². The maximum atomic E-state index is 12.4. The lowest BCUT2D eigenvalue weighted by Crippen LogP contribution is -2.45. The zero-order valence-electron chi connectivity index (χ0n) is 14.7. The van der Waals surface area contributed by atoms with Crippen LogP contribution in [0.15, 0.2) is 47.1 Å². The number of carbonyl (C=O) groups excluding carboxylic acids is 2. The monoisotopic (exact) mass is 357 g/mol. The number of nitrogens with one attached hydrogen (secondary N) is 2.